The summed E-state index contributed by atoms with van der Waals surface area (Å²) in [5, 5.41) is 3.55. The molecule has 0 saturated heterocycles. The van der Waals surface area contributed by atoms with Gasteiger partial charge in [0.25, 0.3) is 0 Å². The predicted octanol–water partition coefficient (Wildman–Crippen LogP) is 3.81. The molecule has 4 heteroatoms. The normalized spacial score (nSPS) is 11.7. The predicted molar refractivity (Wildman–Crippen MR) is 90.5 cm³/mol. The highest BCUT2D eigenvalue weighted by Gasteiger charge is 2.12. The van der Waals surface area contributed by atoms with E-state index in [2.05, 4.69) is 72.2 Å². The minimum Gasteiger partial charge on any atom is -0.380 e. The molecular formula is C16H27BrN2O. The number of rotatable bonds is 7. The van der Waals surface area contributed by atoms with E-state index in [1.54, 1.807) is 0 Å². The highest BCUT2D eigenvalue weighted by molar-refractivity contribution is 9.10. The van der Waals surface area contributed by atoms with Gasteiger partial charge in [0.15, 0.2) is 0 Å². The fraction of sp³-hybridized carbons (Fsp3) is 0.625. The standard InChI is InChI=1S/C16H27BrN2O/c1-6-20-10-9-19(5)15-11-14(17)8-7-13(15)12-18-16(2,3)4/h7-8,11,18H,6,9-10,12H2,1-5H3. The topological polar surface area (TPSA) is 24.5 Å². The number of nitrogens with one attached hydrogen (secondary N) is 1. The molecule has 0 atom stereocenters. The van der Waals surface area contributed by atoms with Crippen molar-refractivity contribution in [2.45, 2.75) is 39.8 Å². The first-order valence-corrected chi connectivity index (χ1v) is 7.95. The molecule has 114 valence electrons. The van der Waals surface area contributed by atoms with E-state index >= 15 is 0 Å². The number of hydrogen-bond acceptors (Lipinski definition) is 3. The summed E-state index contributed by atoms with van der Waals surface area (Å²) in [7, 11) is 2.11. The number of likely N-dealkylation sites (N-methyl/N-ethyl adjacent to an activating group) is 1. The first-order chi connectivity index (χ1) is 9.33. The van der Waals surface area contributed by atoms with Gasteiger partial charge in [0.05, 0.1) is 6.61 Å². The zero-order chi connectivity index (χ0) is 15.2. The molecular weight excluding hydrogens is 316 g/mol. The second-order valence-electron chi connectivity index (χ2n) is 6.00. The summed E-state index contributed by atoms with van der Waals surface area (Å²) in [6.07, 6.45) is 0. The molecule has 0 aromatic heterocycles. The average molecular weight is 343 g/mol. The van der Waals surface area contributed by atoms with Crippen molar-refractivity contribution in [1.82, 2.24) is 5.32 Å². The van der Waals surface area contributed by atoms with Gasteiger partial charge in [-0.05, 0) is 45.4 Å². The van der Waals surface area contributed by atoms with E-state index in [1.807, 2.05) is 6.92 Å². The Morgan fingerprint density at radius 3 is 2.60 bits per heavy atom. The van der Waals surface area contributed by atoms with Crippen LogP contribution in [0.1, 0.15) is 33.3 Å². The van der Waals surface area contributed by atoms with Gasteiger partial charge >= 0.3 is 0 Å². The first-order valence-electron chi connectivity index (χ1n) is 7.16. The molecule has 0 bridgehead atoms. The lowest BCUT2D eigenvalue weighted by Crippen LogP contribution is -2.35. The van der Waals surface area contributed by atoms with Crippen LogP contribution in [-0.2, 0) is 11.3 Å². The van der Waals surface area contributed by atoms with Gasteiger partial charge in [-0.1, -0.05) is 22.0 Å². The van der Waals surface area contributed by atoms with E-state index in [9.17, 15) is 0 Å². The molecule has 0 aliphatic rings. The number of halogens is 1. The van der Waals surface area contributed by atoms with Gasteiger partial charge in [0.1, 0.15) is 0 Å². The van der Waals surface area contributed by atoms with Crippen molar-refractivity contribution in [3.05, 3.63) is 28.2 Å². The molecule has 0 amide bonds. The quantitative estimate of drug-likeness (QED) is 0.762. The van der Waals surface area contributed by atoms with Gasteiger partial charge in [0.2, 0.25) is 0 Å². The van der Waals surface area contributed by atoms with Crippen LogP contribution in [0.25, 0.3) is 0 Å². The summed E-state index contributed by atoms with van der Waals surface area (Å²) in [6.45, 7) is 11.9. The summed E-state index contributed by atoms with van der Waals surface area (Å²) < 4.78 is 6.55. The van der Waals surface area contributed by atoms with Gasteiger partial charge in [-0.3, -0.25) is 0 Å². The molecule has 0 aliphatic carbocycles. The molecule has 1 rings (SSSR count). The summed E-state index contributed by atoms with van der Waals surface area (Å²) in [5.41, 5.74) is 2.67. The Labute approximate surface area is 131 Å². The number of hydrogen-bond donors (Lipinski definition) is 1. The van der Waals surface area contributed by atoms with Gasteiger partial charge in [-0.15, -0.1) is 0 Å². The van der Waals surface area contributed by atoms with Gasteiger partial charge in [0, 0.05) is 42.4 Å². The number of ether oxygens (including phenoxy) is 1. The van der Waals surface area contributed by atoms with Gasteiger partial charge < -0.3 is 15.0 Å². The zero-order valence-electron chi connectivity index (χ0n) is 13.3. The minimum atomic E-state index is 0.119. The molecule has 0 radical (unpaired) electrons. The van der Waals surface area contributed by atoms with Gasteiger partial charge in [-0.25, -0.2) is 0 Å². The monoisotopic (exact) mass is 342 g/mol. The van der Waals surface area contributed by atoms with Crippen LogP contribution in [0.4, 0.5) is 5.69 Å². The SMILES string of the molecule is CCOCCN(C)c1cc(Br)ccc1CNC(C)(C)C. The number of benzene rings is 1. The highest BCUT2D eigenvalue weighted by Crippen LogP contribution is 2.25. The minimum absolute atomic E-state index is 0.119. The third-order valence-corrected chi connectivity index (χ3v) is 3.54. The third kappa shape index (κ3) is 6.25. The molecule has 3 nitrogen and oxygen atoms in total. The van der Waals surface area contributed by atoms with Crippen LogP contribution in [-0.4, -0.2) is 32.3 Å². The van der Waals surface area contributed by atoms with E-state index in [0.29, 0.717) is 0 Å². The van der Waals surface area contributed by atoms with E-state index in [1.165, 1.54) is 11.3 Å². The van der Waals surface area contributed by atoms with Crippen molar-refractivity contribution >= 4 is 21.6 Å². The summed E-state index contributed by atoms with van der Waals surface area (Å²) >= 11 is 3.56. The number of nitrogens with zero attached hydrogens (tertiary/aromatic N) is 1. The van der Waals surface area contributed by atoms with Crippen molar-refractivity contribution in [2.24, 2.45) is 0 Å². The second-order valence-corrected chi connectivity index (χ2v) is 6.91. The maximum Gasteiger partial charge on any atom is 0.0641 e. The zero-order valence-corrected chi connectivity index (χ0v) is 14.9. The van der Waals surface area contributed by atoms with E-state index < -0.39 is 0 Å². The van der Waals surface area contributed by atoms with Crippen LogP contribution >= 0.6 is 15.9 Å². The van der Waals surface area contributed by atoms with E-state index in [4.69, 9.17) is 4.74 Å². The Bertz CT molecular complexity index is 415. The summed E-state index contributed by atoms with van der Waals surface area (Å²) in [4.78, 5) is 2.25. The van der Waals surface area contributed by atoms with Gasteiger partial charge in [-0.2, -0.15) is 0 Å². The van der Waals surface area contributed by atoms with Crippen LogP contribution in [0.5, 0.6) is 0 Å². The smallest absolute Gasteiger partial charge is 0.0641 e. The molecule has 0 aliphatic heterocycles. The second kappa shape index (κ2) is 8.01. The Kier molecular flexibility index (Phi) is 7.00. The first kappa shape index (κ1) is 17.5. The molecule has 20 heavy (non-hydrogen) atoms. The van der Waals surface area contributed by atoms with Crippen molar-refractivity contribution < 1.29 is 4.74 Å². The highest BCUT2D eigenvalue weighted by atomic mass is 79.9. The Morgan fingerprint density at radius 1 is 1.30 bits per heavy atom. The van der Waals surface area contributed by atoms with E-state index in [-0.39, 0.29) is 5.54 Å². The maximum atomic E-state index is 5.44. The maximum absolute atomic E-state index is 5.44. The summed E-state index contributed by atoms with van der Waals surface area (Å²) in [6, 6.07) is 6.44. The lowest BCUT2D eigenvalue weighted by Gasteiger charge is -2.26. The Hall–Kier alpha value is -0.580. The van der Waals surface area contributed by atoms with Crippen molar-refractivity contribution in [1.29, 1.82) is 0 Å². The van der Waals surface area contributed by atoms with Crippen molar-refractivity contribution in [3.63, 3.8) is 0 Å². The fourth-order valence-electron chi connectivity index (χ4n) is 1.87. The molecule has 0 saturated carbocycles. The molecule has 0 heterocycles. The van der Waals surface area contributed by atoms with Crippen LogP contribution in [0.2, 0.25) is 0 Å². The lowest BCUT2D eigenvalue weighted by atomic mass is 10.1. The van der Waals surface area contributed by atoms with Crippen LogP contribution < -0.4 is 10.2 Å². The molecule has 0 unspecified atom stereocenters. The Balaban J connectivity index is 2.78. The third-order valence-electron chi connectivity index (χ3n) is 3.04. The Morgan fingerprint density at radius 2 is 2.00 bits per heavy atom. The van der Waals surface area contributed by atoms with Crippen LogP contribution in [0, 0.1) is 0 Å². The summed E-state index contributed by atoms with van der Waals surface area (Å²) in [5.74, 6) is 0. The lowest BCUT2D eigenvalue weighted by molar-refractivity contribution is 0.154. The van der Waals surface area contributed by atoms with Crippen molar-refractivity contribution in [3.8, 4) is 0 Å². The average Bonchev–Trinajstić information content (AvgIpc) is 2.36. The molecule has 1 N–H and O–H groups in total. The van der Waals surface area contributed by atoms with E-state index in [0.717, 1.165) is 30.8 Å². The van der Waals surface area contributed by atoms with Crippen molar-refractivity contribution in [2.75, 3.05) is 31.7 Å². The van der Waals surface area contributed by atoms with Crippen LogP contribution in [0.3, 0.4) is 0 Å². The molecule has 1 aromatic rings. The molecule has 1 aromatic carbocycles. The largest absolute Gasteiger partial charge is 0.380 e. The fourth-order valence-corrected chi connectivity index (χ4v) is 2.22. The molecule has 0 fully saturated rings. The number of anilines is 1. The molecule has 0 spiro atoms. The van der Waals surface area contributed by atoms with Crippen LogP contribution in [0.15, 0.2) is 22.7 Å².